The molecule has 1 aromatic carbocycles. The van der Waals surface area contributed by atoms with Crippen LogP contribution in [-0.4, -0.2) is 19.8 Å². The molecule has 0 aliphatic rings. The second-order valence-corrected chi connectivity index (χ2v) is 3.97. The van der Waals surface area contributed by atoms with Gasteiger partial charge >= 0.3 is 0 Å². The molecule has 2 aromatic rings. The zero-order valence-corrected chi connectivity index (χ0v) is 11.1. The minimum absolute atomic E-state index is 0.549. The van der Waals surface area contributed by atoms with E-state index in [0.717, 1.165) is 17.2 Å². The number of benzene rings is 1. The first kappa shape index (κ1) is 13.5. The van der Waals surface area contributed by atoms with Gasteiger partial charge in [-0.15, -0.1) is 0 Å². The molecule has 4 heteroatoms. The fourth-order valence-electron chi connectivity index (χ4n) is 1.69. The van der Waals surface area contributed by atoms with E-state index < -0.39 is 0 Å². The number of hydrogen-bond donors (Lipinski definition) is 1. The quantitative estimate of drug-likeness (QED) is 0.740. The summed E-state index contributed by atoms with van der Waals surface area (Å²) in [7, 11) is 0. The molecule has 0 aliphatic heterocycles. The van der Waals surface area contributed by atoms with E-state index in [2.05, 4.69) is 5.32 Å². The minimum atomic E-state index is 0.549. The first-order valence-corrected chi connectivity index (χ1v) is 6.46. The van der Waals surface area contributed by atoms with Crippen molar-refractivity contribution in [2.45, 2.75) is 13.5 Å². The number of rotatable bonds is 8. The summed E-state index contributed by atoms with van der Waals surface area (Å²) in [4.78, 5) is 0. The van der Waals surface area contributed by atoms with Crippen molar-refractivity contribution in [1.82, 2.24) is 0 Å². The second kappa shape index (κ2) is 7.48. The molecule has 0 amide bonds. The molecule has 0 saturated heterocycles. The molecule has 1 aromatic heterocycles. The van der Waals surface area contributed by atoms with Crippen LogP contribution < -0.4 is 10.1 Å². The molecule has 19 heavy (non-hydrogen) atoms. The van der Waals surface area contributed by atoms with Crippen LogP contribution in [0.1, 0.15) is 12.7 Å². The van der Waals surface area contributed by atoms with E-state index in [1.54, 1.807) is 6.26 Å². The van der Waals surface area contributed by atoms with E-state index in [-0.39, 0.29) is 0 Å². The van der Waals surface area contributed by atoms with Crippen LogP contribution in [0, 0.1) is 0 Å². The summed E-state index contributed by atoms with van der Waals surface area (Å²) in [6.07, 6.45) is 1.67. The summed E-state index contributed by atoms with van der Waals surface area (Å²) in [5.41, 5.74) is 0.954. The molecule has 1 heterocycles. The molecule has 0 saturated carbocycles. The van der Waals surface area contributed by atoms with Crippen LogP contribution >= 0.6 is 0 Å². The van der Waals surface area contributed by atoms with Gasteiger partial charge in [-0.2, -0.15) is 0 Å². The third-order valence-corrected chi connectivity index (χ3v) is 2.61. The highest BCUT2D eigenvalue weighted by molar-refractivity contribution is 5.56. The Morgan fingerprint density at radius 2 is 2.00 bits per heavy atom. The Morgan fingerprint density at radius 1 is 1.11 bits per heavy atom. The van der Waals surface area contributed by atoms with Gasteiger partial charge in [-0.1, -0.05) is 12.1 Å². The molecule has 0 bridgehead atoms. The maximum atomic E-state index is 5.69. The van der Waals surface area contributed by atoms with E-state index >= 15 is 0 Å². The van der Waals surface area contributed by atoms with Crippen molar-refractivity contribution in [3.63, 3.8) is 0 Å². The lowest BCUT2D eigenvalue weighted by Gasteiger charge is -2.12. The Balaban J connectivity index is 1.88. The zero-order chi connectivity index (χ0) is 13.3. The SMILES string of the molecule is CCOCCOc1ccccc1NCc1ccco1. The molecule has 2 rings (SSSR count). The summed E-state index contributed by atoms with van der Waals surface area (Å²) >= 11 is 0. The largest absolute Gasteiger partial charge is 0.489 e. The normalized spacial score (nSPS) is 10.4. The predicted octanol–water partition coefficient (Wildman–Crippen LogP) is 3.31. The third kappa shape index (κ3) is 4.34. The molecule has 102 valence electrons. The average molecular weight is 261 g/mol. The molecule has 0 radical (unpaired) electrons. The fourth-order valence-corrected chi connectivity index (χ4v) is 1.69. The van der Waals surface area contributed by atoms with Crippen LogP contribution in [0.25, 0.3) is 0 Å². The number of ether oxygens (including phenoxy) is 2. The van der Waals surface area contributed by atoms with Gasteiger partial charge in [-0.05, 0) is 31.2 Å². The maximum Gasteiger partial charge on any atom is 0.142 e. The summed E-state index contributed by atoms with van der Waals surface area (Å²) in [5, 5.41) is 3.30. The van der Waals surface area contributed by atoms with Gasteiger partial charge in [0.1, 0.15) is 18.1 Å². The lowest BCUT2D eigenvalue weighted by Crippen LogP contribution is -2.08. The number of nitrogens with one attached hydrogen (secondary N) is 1. The summed E-state index contributed by atoms with van der Waals surface area (Å²) < 4.78 is 16.2. The molecule has 0 spiro atoms. The lowest BCUT2D eigenvalue weighted by molar-refractivity contribution is 0.110. The van der Waals surface area contributed by atoms with Gasteiger partial charge in [-0.3, -0.25) is 0 Å². The number of furan rings is 1. The van der Waals surface area contributed by atoms with Crippen molar-refractivity contribution in [2.24, 2.45) is 0 Å². The second-order valence-electron chi connectivity index (χ2n) is 3.97. The van der Waals surface area contributed by atoms with Crippen molar-refractivity contribution in [3.05, 3.63) is 48.4 Å². The van der Waals surface area contributed by atoms with E-state index in [9.17, 15) is 0 Å². The van der Waals surface area contributed by atoms with E-state index in [0.29, 0.717) is 26.4 Å². The highest BCUT2D eigenvalue weighted by Crippen LogP contribution is 2.24. The Morgan fingerprint density at radius 3 is 2.79 bits per heavy atom. The van der Waals surface area contributed by atoms with Gasteiger partial charge in [0.25, 0.3) is 0 Å². The molecule has 0 atom stereocenters. The van der Waals surface area contributed by atoms with Crippen LogP contribution in [0.4, 0.5) is 5.69 Å². The Bertz CT molecular complexity index is 468. The van der Waals surface area contributed by atoms with E-state index in [1.807, 2.05) is 43.3 Å². The average Bonchev–Trinajstić information content (AvgIpc) is 2.96. The van der Waals surface area contributed by atoms with Crippen molar-refractivity contribution in [2.75, 3.05) is 25.1 Å². The van der Waals surface area contributed by atoms with Gasteiger partial charge in [0.05, 0.1) is 25.1 Å². The molecule has 0 unspecified atom stereocenters. The molecular weight excluding hydrogens is 242 g/mol. The Labute approximate surface area is 113 Å². The number of hydrogen-bond acceptors (Lipinski definition) is 4. The fraction of sp³-hybridized carbons (Fsp3) is 0.333. The summed E-state index contributed by atoms with van der Waals surface area (Å²) in [6.45, 7) is 4.47. The monoisotopic (exact) mass is 261 g/mol. The van der Waals surface area contributed by atoms with Crippen LogP contribution in [0.5, 0.6) is 5.75 Å². The third-order valence-electron chi connectivity index (χ3n) is 2.61. The standard InChI is InChI=1S/C15H19NO3/c1-2-17-10-11-19-15-8-4-3-7-14(15)16-12-13-6-5-9-18-13/h3-9,16H,2,10-12H2,1H3. The molecular formula is C15H19NO3. The first-order valence-electron chi connectivity index (χ1n) is 6.46. The Kier molecular flexibility index (Phi) is 5.31. The van der Waals surface area contributed by atoms with Crippen molar-refractivity contribution in [3.8, 4) is 5.75 Å². The molecule has 1 N–H and O–H groups in total. The highest BCUT2D eigenvalue weighted by atomic mass is 16.5. The van der Waals surface area contributed by atoms with Gasteiger partial charge < -0.3 is 19.2 Å². The van der Waals surface area contributed by atoms with Gasteiger partial charge in [0.15, 0.2) is 0 Å². The molecule has 0 aliphatic carbocycles. The first-order chi connectivity index (χ1) is 9.40. The van der Waals surface area contributed by atoms with Gasteiger partial charge in [0.2, 0.25) is 0 Å². The number of anilines is 1. The van der Waals surface area contributed by atoms with Crippen LogP contribution in [0.3, 0.4) is 0 Å². The predicted molar refractivity (Wildman–Crippen MR) is 74.5 cm³/mol. The van der Waals surface area contributed by atoms with E-state index in [1.165, 1.54) is 0 Å². The van der Waals surface area contributed by atoms with Crippen LogP contribution in [-0.2, 0) is 11.3 Å². The Hall–Kier alpha value is -1.94. The van der Waals surface area contributed by atoms with Crippen molar-refractivity contribution >= 4 is 5.69 Å². The topological polar surface area (TPSA) is 43.6 Å². The summed E-state index contributed by atoms with van der Waals surface area (Å²) in [5.74, 6) is 1.72. The minimum Gasteiger partial charge on any atom is -0.489 e. The molecule has 4 nitrogen and oxygen atoms in total. The zero-order valence-electron chi connectivity index (χ0n) is 11.1. The number of para-hydroxylation sites is 2. The van der Waals surface area contributed by atoms with Gasteiger partial charge in [-0.25, -0.2) is 0 Å². The lowest BCUT2D eigenvalue weighted by atomic mass is 10.3. The summed E-state index contributed by atoms with van der Waals surface area (Å²) in [6, 6.07) is 11.7. The molecule has 0 fully saturated rings. The highest BCUT2D eigenvalue weighted by Gasteiger charge is 2.03. The van der Waals surface area contributed by atoms with Crippen molar-refractivity contribution < 1.29 is 13.9 Å². The van der Waals surface area contributed by atoms with Crippen LogP contribution in [0.2, 0.25) is 0 Å². The van der Waals surface area contributed by atoms with Crippen LogP contribution in [0.15, 0.2) is 47.1 Å². The smallest absolute Gasteiger partial charge is 0.142 e. The maximum absolute atomic E-state index is 5.69. The van der Waals surface area contributed by atoms with Gasteiger partial charge in [0, 0.05) is 6.61 Å². The van der Waals surface area contributed by atoms with Crippen molar-refractivity contribution in [1.29, 1.82) is 0 Å². The van der Waals surface area contributed by atoms with E-state index in [4.69, 9.17) is 13.9 Å².